The van der Waals surface area contributed by atoms with Gasteiger partial charge in [0.25, 0.3) is 0 Å². The third-order valence-electron chi connectivity index (χ3n) is 13.1. The Morgan fingerprint density at radius 1 is 0.294 bits per heavy atom. The maximum absolute atomic E-state index is 20.8. The minimum absolute atomic E-state index is 0.144. The van der Waals surface area contributed by atoms with Crippen molar-refractivity contribution in [3.63, 3.8) is 0 Å². The molecule has 9 aromatic carbocycles. The van der Waals surface area contributed by atoms with Crippen molar-refractivity contribution in [2.45, 2.75) is 0 Å². The first-order chi connectivity index (χ1) is 32.7. The van der Waals surface area contributed by atoms with Crippen molar-refractivity contribution in [3.05, 3.63) is 271 Å². The van der Waals surface area contributed by atoms with Crippen LogP contribution in [0.4, 0.5) is 26.3 Å². The van der Waals surface area contributed by atoms with Crippen LogP contribution in [0.5, 0.6) is 0 Å². The van der Waals surface area contributed by atoms with Gasteiger partial charge in [0, 0.05) is 0 Å². The Balaban J connectivity index is 1.67. The van der Waals surface area contributed by atoms with Gasteiger partial charge in [0.1, 0.15) is 0 Å². The molecule has 9 rings (SSSR count). The van der Waals surface area contributed by atoms with Gasteiger partial charge in [-0.15, -0.1) is 0 Å². The third-order valence-corrected chi connectivity index (χ3v) is 42.2. The fourth-order valence-electron chi connectivity index (χ4n) is 9.80. The van der Waals surface area contributed by atoms with E-state index >= 15 is 30.0 Å². The molecule has 14 heteroatoms. The summed E-state index contributed by atoms with van der Waals surface area (Å²) in [5.41, 5.74) is 0. The van der Waals surface area contributed by atoms with E-state index in [0.29, 0.717) is 0 Å². The molecule has 4 nitrogen and oxygen atoms in total. The topological polar surface area (TPSA) is 44.8 Å². The van der Waals surface area contributed by atoms with Crippen LogP contribution < -0.4 is 43.9 Å². The van der Waals surface area contributed by atoms with Crippen LogP contribution in [0.1, 0.15) is 0 Å². The molecule has 0 saturated heterocycles. The molecular formula is C54H42F6O4Si3V. The van der Waals surface area contributed by atoms with Gasteiger partial charge in [0.15, 0.2) is 0 Å². The summed E-state index contributed by atoms with van der Waals surface area (Å²) in [6.45, 7) is 0. The summed E-state index contributed by atoms with van der Waals surface area (Å²) in [6, 6.07) is 56.5. The van der Waals surface area contributed by atoms with Crippen LogP contribution in [0.2, 0.25) is 0 Å². The van der Waals surface area contributed by atoms with E-state index in [9.17, 15) is 0 Å². The second kappa shape index (κ2) is 16.6. The molecule has 0 atom stereocenters. The first kappa shape index (κ1) is 46.6. The van der Waals surface area contributed by atoms with E-state index in [1.54, 1.807) is 91.0 Å². The molecule has 0 aliphatic rings. The van der Waals surface area contributed by atoms with Crippen molar-refractivity contribution in [1.29, 1.82) is 0 Å². The molecular weight excluding hydrogens is 962 g/mol. The fraction of sp³-hybridized carbons (Fsp3) is 0. The average molecular weight is 1000 g/mol. The maximum atomic E-state index is 20.8. The van der Waals surface area contributed by atoms with Crippen molar-refractivity contribution in [2.24, 2.45) is 0 Å². The molecule has 0 radical (unpaired) electrons. The summed E-state index contributed by atoms with van der Waals surface area (Å²) in [5, 5.41) is 1.49. The number of halogens is 6. The van der Waals surface area contributed by atoms with Gasteiger partial charge < -0.3 is 0 Å². The Bertz CT molecular complexity index is 2880. The Morgan fingerprint density at radius 3 is 0.632 bits per heavy atom. The fourth-order valence-corrected chi connectivity index (χ4v) is 44.1. The minimum atomic E-state index is -9.65. The van der Waals surface area contributed by atoms with Crippen LogP contribution in [-0.2, 0) is 25.4 Å². The molecule has 0 spiro atoms. The Hall–Kier alpha value is -6.52. The summed E-state index contributed by atoms with van der Waals surface area (Å²) < 4.78 is 137. The van der Waals surface area contributed by atoms with E-state index in [1.165, 1.54) is 146 Å². The molecule has 0 amide bonds. The van der Waals surface area contributed by atoms with E-state index in [-0.39, 0.29) is 43.9 Å². The summed E-state index contributed by atoms with van der Waals surface area (Å²) in [6.07, 6.45) is 0. The van der Waals surface area contributed by atoms with Gasteiger partial charge >= 0.3 is 394 Å². The number of rotatable bonds is 14. The van der Waals surface area contributed by atoms with Gasteiger partial charge in [0.2, 0.25) is 0 Å². The molecule has 0 aliphatic carbocycles. The quantitative estimate of drug-likeness (QED) is 0.0729. The standard InChI is InChI=1S/2C18H12F3OSi.3C6H5.H3OSi.O.V/c2*19-13-1-7-16(8-2-13)23(22,17-9-3-14(20)4-10-17)18-11-5-15(21)6-12-18;3*1-2-4-6-5-3-1;1-2;;/h2*1-12H;3*1-5H;2H3;;/q2*-1;;;;-1;;+3. The molecule has 0 fully saturated rings. The SMILES string of the molecule is [O]=[V]([O][SiH3])([O][Si](c1ccc(F)cc1)(c1ccc(F)cc1)c1ccc(F)cc1)([O][Si](c1ccc(F)cc1)(c1ccc(F)cc1)c1ccc(F)cc1)([c]1ccccc1)([c]1ccccc1)[c]1ccccc1. The molecule has 0 unspecified atom stereocenters. The van der Waals surface area contributed by atoms with Crippen LogP contribution in [0.15, 0.2) is 237 Å². The van der Waals surface area contributed by atoms with Crippen LogP contribution >= 0.6 is 0 Å². The second-order valence-electron chi connectivity index (χ2n) is 16.7. The van der Waals surface area contributed by atoms with Crippen LogP contribution in [0, 0.1) is 34.9 Å². The van der Waals surface area contributed by atoms with Gasteiger partial charge in [-0.1, -0.05) is 0 Å². The first-order valence-electron chi connectivity index (χ1n) is 21.5. The Kier molecular flexibility index (Phi) is 11.4. The van der Waals surface area contributed by atoms with Crippen LogP contribution in [-0.4, -0.2) is 27.1 Å². The molecule has 0 saturated carbocycles. The van der Waals surface area contributed by atoms with Crippen LogP contribution in [0.3, 0.4) is 0 Å². The van der Waals surface area contributed by atoms with Gasteiger partial charge in [-0.2, -0.15) is 0 Å². The average Bonchev–Trinajstić information content (AvgIpc) is 3.38. The van der Waals surface area contributed by atoms with Crippen LogP contribution in [0.25, 0.3) is 0 Å². The molecule has 0 N–H and O–H groups in total. The van der Waals surface area contributed by atoms with E-state index in [1.807, 2.05) is 0 Å². The zero-order valence-electron chi connectivity index (χ0n) is 36.4. The van der Waals surface area contributed by atoms with E-state index in [4.69, 9.17) is 10.1 Å². The molecule has 9 aromatic rings. The summed E-state index contributed by atoms with van der Waals surface area (Å²) in [4.78, 5) is 0. The molecule has 341 valence electrons. The predicted octanol–water partition coefficient (Wildman–Crippen LogP) is 6.31. The van der Waals surface area contributed by atoms with Gasteiger partial charge in [-0.05, 0) is 0 Å². The predicted molar refractivity (Wildman–Crippen MR) is 260 cm³/mol. The van der Waals surface area contributed by atoms with Gasteiger partial charge in [-0.25, -0.2) is 0 Å². The first-order valence-corrected chi connectivity index (χ1v) is 30.5. The zero-order valence-corrected chi connectivity index (χ0v) is 41.8. The summed E-state index contributed by atoms with van der Waals surface area (Å²) in [5.74, 6) is -3.74. The van der Waals surface area contributed by atoms with Crippen molar-refractivity contribution in [1.82, 2.24) is 0 Å². The van der Waals surface area contributed by atoms with Gasteiger partial charge in [0.05, 0.1) is 0 Å². The van der Waals surface area contributed by atoms with E-state index in [2.05, 4.69) is 0 Å². The number of hydrogen-bond donors (Lipinski definition) is 0. The number of benzene rings is 9. The molecule has 0 heterocycles. The monoisotopic (exact) mass is 1000 g/mol. The second-order valence-corrected chi connectivity index (χ2v) is 35.3. The van der Waals surface area contributed by atoms with Crippen molar-refractivity contribution < 1.29 is 51.7 Å². The molecule has 0 aromatic heterocycles. The number of hydrogen-bond acceptors (Lipinski definition) is 4. The molecule has 68 heavy (non-hydrogen) atoms. The van der Waals surface area contributed by atoms with E-state index in [0.717, 1.165) is 0 Å². The van der Waals surface area contributed by atoms with Gasteiger partial charge in [-0.3, -0.25) is 0 Å². The normalized spacial score (nSPS) is 13.8. The molecule has 0 bridgehead atoms. The summed E-state index contributed by atoms with van der Waals surface area (Å²) in [7, 11) is -10.4. The van der Waals surface area contributed by atoms with Crippen molar-refractivity contribution in [2.75, 3.05) is 0 Å². The summed E-state index contributed by atoms with van der Waals surface area (Å²) >= 11 is -9.65. The van der Waals surface area contributed by atoms with Crippen molar-refractivity contribution in [3.8, 4) is 0 Å². The molecule has 0 aliphatic heterocycles. The zero-order chi connectivity index (χ0) is 47.7. The Labute approximate surface area is 392 Å². The third kappa shape index (κ3) is 6.76. The van der Waals surface area contributed by atoms with E-state index < -0.39 is 73.7 Å². The van der Waals surface area contributed by atoms with Crippen molar-refractivity contribution >= 4 is 71.1 Å². The Morgan fingerprint density at radius 2 is 0.471 bits per heavy atom.